The highest BCUT2D eigenvalue weighted by Gasteiger charge is 2.15. The van der Waals surface area contributed by atoms with Crippen molar-refractivity contribution < 1.29 is 23.5 Å². The van der Waals surface area contributed by atoms with E-state index in [4.69, 9.17) is 9.47 Å². The number of ether oxygens (including phenoxy) is 2. The molecule has 0 saturated heterocycles. The van der Waals surface area contributed by atoms with Gasteiger partial charge in [0.15, 0.2) is 6.61 Å². The van der Waals surface area contributed by atoms with E-state index in [1.54, 1.807) is 37.3 Å². The van der Waals surface area contributed by atoms with Crippen LogP contribution in [-0.2, 0) is 16.1 Å². The summed E-state index contributed by atoms with van der Waals surface area (Å²) >= 11 is 6.48. The third-order valence-corrected chi connectivity index (χ3v) is 4.28. The van der Waals surface area contributed by atoms with Crippen LogP contribution in [0.3, 0.4) is 0 Å². The fourth-order valence-corrected chi connectivity index (χ4v) is 2.77. The van der Waals surface area contributed by atoms with Gasteiger partial charge in [-0.3, -0.25) is 4.79 Å². The van der Waals surface area contributed by atoms with Crippen LogP contribution in [-0.4, -0.2) is 25.1 Å². The molecule has 26 heavy (non-hydrogen) atoms. The topological polar surface area (TPSA) is 64.6 Å². The van der Waals surface area contributed by atoms with Crippen LogP contribution in [0.15, 0.2) is 45.3 Å². The summed E-state index contributed by atoms with van der Waals surface area (Å²) in [7, 11) is 0. The number of hydrogen-bond donors (Lipinski definition) is 1. The van der Waals surface area contributed by atoms with Crippen molar-refractivity contribution >= 4 is 43.7 Å². The zero-order valence-corrected chi connectivity index (χ0v) is 17.0. The van der Waals surface area contributed by atoms with Crippen LogP contribution in [0, 0.1) is 5.82 Å². The molecule has 0 atom stereocenters. The summed E-state index contributed by atoms with van der Waals surface area (Å²) in [4.78, 5) is 23.9. The monoisotopic (exact) mass is 487 g/mol. The average Bonchev–Trinajstić information content (AvgIpc) is 2.60. The Labute approximate surface area is 167 Å². The maximum atomic E-state index is 13.9. The number of amides is 1. The summed E-state index contributed by atoms with van der Waals surface area (Å²) in [6, 6.07) is 9.42. The van der Waals surface area contributed by atoms with Crippen molar-refractivity contribution in [2.45, 2.75) is 13.5 Å². The first kappa shape index (κ1) is 20.4. The van der Waals surface area contributed by atoms with Gasteiger partial charge in [0, 0.05) is 21.1 Å². The molecule has 0 fully saturated rings. The van der Waals surface area contributed by atoms with E-state index < -0.39 is 17.7 Å². The summed E-state index contributed by atoms with van der Waals surface area (Å²) in [5.74, 6) is -1.17. The van der Waals surface area contributed by atoms with Crippen LogP contribution in [0.5, 0.6) is 5.75 Å². The first-order valence-corrected chi connectivity index (χ1v) is 9.29. The lowest BCUT2D eigenvalue weighted by Gasteiger charge is -2.12. The zero-order chi connectivity index (χ0) is 19.1. The second-order valence-corrected chi connectivity index (χ2v) is 6.98. The molecule has 1 N–H and O–H groups in total. The van der Waals surface area contributed by atoms with E-state index >= 15 is 0 Å². The Morgan fingerprint density at radius 2 is 1.81 bits per heavy atom. The largest absolute Gasteiger partial charge is 0.481 e. The average molecular weight is 489 g/mol. The van der Waals surface area contributed by atoms with Gasteiger partial charge in [-0.05, 0) is 37.3 Å². The van der Waals surface area contributed by atoms with Gasteiger partial charge >= 0.3 is 5.97 Å². The third-order valence-electron chi connectivity index (χ3n) is 3.29. The van der Waals surface area contributed by atoms with Gasteiger partial charge in [-0.2, -0.15) is 0 Å². The Morgan fingerprint density at radius 3 is 2.50 bits per heavy atom. The zero-order valence-electron chi connectivity index (χ0n) is 13.9. The molecule has 0 aromatic heterocycles. The maximum Gasteiger partial charge on any atom is 0.344 e. The summed E-state index contributed by atoms with van der Waals surface area (Å²) in [6.07, 6.45) is 0. The van der Waals surface area contributed by atoms with Crippen molar-refractivity contribution in [2.24, 2.45) is 0 Å². The van der Waals surface area contributed by atoms with Crippen molar-refractivity contribution in [1.29, 1.82) is 0 Å². The van der Waals surface area contributed by atoms with E-state index in [9.17, 15) is 14.0 Å². The Balaban J connectivity index is 2.09. The van der Waals surface area contributed by atoms with Crippen molar-refractivity contribution in [3.63, 3.8) is 0 Å². The van der Waals surface area contributed by atoms with Crippen molar-refractivity contribution in [3.8, 4) is 5.75 Å². The molecule has 0 saturated carbocycles. The maximum absolute atomic E-state index is 13.9. The van der Waals surface area contributed by atoms with E-state index in [0.717, 1.165) is 0 Å². The molecule has 138 valence electrons. The molecule has 0 heterocycles. The number of hydrogen-bond acceptors (Lipinski definition) is 4. The van der Waals surface area contributed by atoms with E-state index in [2.05, 4.69) is 37.2 Å². The van der Waals surface area contributed by atoms with Crippen molar-refractivity contribution in [1.82, 2.24) is 5.32 Å². The minimum absolute atomic E-state index is 0.0157. The van der Waals surface area contributed by atoms with Crippen LogP contribution < -0.4 is 10.1 Å². The summed E-state index contributed by atoms with van der Waals surface area (Å²) < 4.78 is 25.3. The van der Waals surface area contributed by atoms with Gasteiger partial charge in [-0.25, -0.2) is 9.18 Å². The molecule has 1 amide bonds. The van der Waals surface area contributed by atoms with E-state index in [0.29, 0.717) is 14.5 Å². The highest BCUT2D eigenvalue weighted by molar-refractivity contribution is 9.10. The van der Waals surface area contributed by atoms with Gasteiger partial charge in [0.2, 0.25) is 0 Å². The number of carbonyl (C=O) groups excluding carboxylic acids is 2. The second kappa shape index (κ2) is 9.68. The fourth-order valence-electron chi connectivity index (χ4n) is 2.08. The first-order chi connectivity index (χ1) is 12.4. The molecular weight excluding hydrogens is 473 g/mol. The Bertz CT molecular complexity index is 814. The molecular formula is C18H16Br2FNO4. The molecule has 0 aliphatic rings. The Hall–Kier alpha value is -1.93. The highest BCUT2D eigenvalue weighted by atomic mass is 79.9. The Kier molecular flexibility index (Phi) is 7.59. The van der Waals surface area contributed by atoms with Crippen LogP contribution in [0.4, 0.5) is 4.39 Å². The lowest BCUT2D eigenvalue weighted by molar-refractivity contribution is -0.145. The summed E-state index contributed by atoms with van der Waals surface area (Å²) in [5, 5.41) is 2.64. The van der Waals surface area contributed by atoms with E-state index in [-0.39, 0.29) is 31.1 Å². The minimum atomic E-state index is -0.529. The number of benzene rings is 2. The fraction of sp³-hybridized carbons (Fsp3) is 0.222. The number of esters is 1. The van der Waals surface area contributed by atoms with E-state index in [1.807, 2.05) is 0 Å². The lowest BCUT2D eigenvalue weighted by atomic mass is 10.1. The molecule has 0 bridgehead atoms. The van der Waals surface area contributed by atoms with Gasteiger partial charge in [-0.15, -0.1) is 0 Å². The van der Waals surface area contributed by atoms with Crippen molar-refractivity contribution in [2.75, 3.05) is 13.2 Å². The molecule has 0 spiro atoms. The molecule has 2 rings (SSSR count). The first-order valence-electron chi connectivity index (χ1n) is 7.70. The van der Waals surface area contributed by atoms with Crippen LogP contribution >= 0.6 is 31.9 Å². The molecule has 0 unspecified atom stereocenters. The summed E-state index contributed by atoms with van der Waals surface area (Å²) in [6.45, 7) is 1.64. The number of carbonyl (C=O) groups is 2. The van der Waals surface area contributed by atoms with E-state index in [1.165, 1.54) is 6.07 Å². The normalized spacial score (nSPS) is 10.3. The number of nitrogens with one attached hydrogen (secondary N) is 1. The molecule has 0 radical (unpaired) electrons. The quantitative estimate of drug-likeness (QED) is 0.592. The third kappa shape index (κ3) is 5.81. The predicted octanol–water partition coefficient (Wildman–Crippen LogP) is 4.22. The standard InChI is InChI=1S/C18H16Br2FNO4/c1-2-25-17(23)10-26-16-6-5-12(19)7-14(16)18(24)22-9-11-3-4-13(20)8-15(11)21/h3-8H,2,9-10H2,1H3,(H,22,24). The molecule has 2 aromatic carbocycles. The van der Waals surface area contributed by atoms with Gasteiger partial charge in [0.1, 0.15) is 11.6 Å². The highest BCUT2D eigenvalue weighted by Crippen LogP contribution is 2.24. The SMILES string of the molecule is CCOC(=O)COc1ccc(Br)cc1C(=O)NCc1ccc(Br)cc1F. The molecule has 0 aliphatic carbocycles. The van der Waals surface area contributed by atoms with Crippen LogP contribution in [0.1, 0.15) is 22.8 Å². The van der Waals surface area contributed by atoms with Crippen LogP contribution in [0.25, 0.3) is 0 Å². The van der Waals surface area contributed by atoms with Gasteiger partial charge in [0.25, 0.3) is 5.91 Å². The smallest absolute Gasteiger partial charge is 0.344 e. The number of rotatable bonds is 7. The van der Waals surface area contributed by atoms with Gasteiger partial charge in [-0.1, -0.05) is 37.9 Å². The van der Waals surface area contributed by atoms with Gasteiger partial charge in [0.05, 0.1) is 12.2 Å². The Morgan fingerprint density at radius 1 is 1.12 bits per heavy atom. The lowest BCUT2D eigenvalue weighted by Crippen LogP contribution is -2.24. The molecule has 8 heteroatoms. The number of halogens is 3. The summed E-state index contributed by atoms with van der Waals surface area (Å²) in [5.41, 5.74) is 0.576. The molecule has 2 aromatic rings. The molecule has 5 nitrogen and oxygen atoms in total. The second-order valence-electron chi connectivity index (χ2n) is 5.15. The predicted molar refractivity (Wildman–Crippen MR) is 102 cm³/mol. The molecule has 0 aliphatic heterocycles. The van der Waals surface area contributed by atoms with Crippen molar-refractivity contribution in [3.05, 3.63) is 62.3 Å². The van der Waals surface area contributed by atoms with Crippen LogP contribution in [0.2, 0.25) is 0 Å². The minimum Gasteiger partial charge on any atom is -0.481 e. The van der Waals surface area contributed by atoms with Gasteiger partial charge < -0.3 is 14.8 Å².